The summed E-state index contributed by atoms with van der Waals surface area (Å²) in [6.07, 6.45) is 0.999. The van der Waals surface area contributed by atoms with Crippen LogP contribution in [0.2, 0.25) is 5.02 Å². The number of carbonyl (C=O) groups is 1. The van der Waals surface area contributed by atoms with Crippen molar-refractivity contribution < 1.29 is 9.53 Å². The van der Waals surface area contributed by atoms with Gasteiger partial charge < -0.3 is 9.64 Å². The predicted octanol–water partition coefficient (Wildman–Crippen LogP) is 4.10. The van der Waals surface area contributed by atoms with E-state index in [4.69, 9.17) is 16.3 Å². The SMILES string of the molecule is CC1CN(Cc2ccc(Cl)cc2)CCC1N1CCN(C(=O)OC(C)(C)C)CC1. The van der Waals surface area contributed by atoms with Gasteiger partial charge in [0.2, 0.25) is 0 Å². The number of hydrogen-bond donors (Lipinski definition) is 0. The highest BCUT2D eigenvalue weighted by molar-refractivity contribution is 6.30. The van der Waals surface area contributed by atoms with Gasteiger partial charge in [-0.2, -0.15) is 0 Å². The van der Waals surface area contributed by atoms with Crippen LogP contribution in [0, 0.1) is 5.92 Å². The normalized spacial score (nSPS) is 25.0. The number of benzene rings is 1. The second kappa shape index (κ2) is 9.02. The third-order valence-corrected chi connectivity index (χ3v) is 5.95. The number of likely N-dealkylation sites (tertiary alicyclic amines) is 1. The van der Waals surface area contributed by atoms with Crippen molar-refractivity contribution in [2.45, 2.75) is 52.3 Å². The van der Waals surface area contributed by atoms with E-state index in [0.29, 0.717) is 12.0 Å². The van der Waals surface area contributed by atoms with E-state index in [1.165, 1.54) is 12.0 Å². The first-order valence-electron chi connectivity index (χ1n) is 10.4. The van der Waals surface area contributed by atoms with E-state index in [9.17, 15) is 4.79 Å². The lowest BCUT2D eigenvalue weighted by molar-refractivity contribution is -0.00230. The van der Waals surface area contributed by atoms with Crippen LogP contribution in [0.3, 0.4) is 0 Å². The Morgan fingerprint density at radius 1 is 1.11 bits per heavy atom. The van der Waals surface area contributed by atoms with Crippen molar-refractivity contribution in [1.29, 1.82) is 0 Å². The summed E-state index contributed by atoms with van der Waals surface area (Å²) in [7, 11) is 0. The third-order valence-electron chi connectivity index (χ3n) is 5.70. The summed E-state index contributed by atoms with van der Waals surface area (Å²) >= 11 is 5.99. The van der Waals surface area contributed by atoms with Crippen molar-refractivity contribution in [2.75, 3.05) is 39.3 Å². The summed E-state index contributed by atoms with van der Waals surface area (Å²) in [5.74, 6) is 0.620. The lowest BCUT2D eigenvalue weighted by Gasteiger charge is -2.45. The van der Waals surface area contributed by atoms with Crippen LogP contribution in [0.4, 0.5) is 4.79 Å². The van der Waals surface area contributed by atoms with Gasteiger partial charge in [0.05, 0.1) is 0 Å². The molecule has 2 saturated heterocycles. The van der Waals surface area contributed by atoms with Gasteiger partial charge in [0.15, 0.2) is 0 Å². The molecule has 5 nitrogen and oxygen atoms in total. The molecule has 3 rings (SSSR count). The number of carbonyl (C=O) groups excluding carboxylic acids is 1. The van der Waals surface area contributed by atoms with Gasteiger partial charge in [-0.25, -0.2) is 4.79 Å². The zero-order valence-corrected chi connectivity index (χ0v) is 18.4. The van der Waals surface area contributed by atoms with Crippen molar-refractivity contribution >= 4 is 17.7 Å². The van der Waals surface area contributed by atoms with Crippen molar-refractivity contribution in [2.24, 2.45) is 5.92 Å². The van der Waals surface area contributed by atoms with Gasteiger partial charge in [-0.15, -0.1) is 0 Å². The summed E-state index contributed by atoms with van der Waals surface area (Å²) in [6, 6.07) is 8.78. The third kappa shape index (κ3) is 5.85. The fraction of sp³-hybridized carbons (Fsp3) is 0.682. The van der Waals surface area contributed by atoms with Gasteiger partial charge in [-0.1, -0.05) is 30.7 Å². The molecule has 2 atom stereocenters. The first kappa shape index (κ1) is 21.4. The van der Waals surface area contributed by atoms with Crippen molar-refractivity contribution in [1.82, 2.24) is 14.7 Å². The average Bonchev–Trinajstić information content (AvgIpc) is 2.63. The van der Waals surface area contributed by atoms with Gasteiger partial charge in [0.1, 0.15) is 5.60 Å². The Morgan fingerprint density at radius 2 is 1.75 bits per heavy atom. The molecule has 0 aromatic heterocycles. The summed E-state index contributed by atoms with van der Waals surface area (Å²) in [4.78, 5) is 19.2. The van der Waals surface area contributed by atoms with Crippen LogP contribution >= 0.6 is 11.6 Å². The molecule has 156 valence electrons. The fourth-order valence-corrected chi connectivity index (χ4v) is 4.44. The molecule has 1 aromatic carbocycles. The van der Waals surface area contributed by atoms with E-state index < -0.39 is 5.60 Å². The predicted molar refractivity (Wildman–Crippen MR) is 114 cm³/mol. The maximum Gasteiger partial charge on any atom is 0.410 e. The molecule has 0 spiro atoms. The molecule has 28 heavy (non-hydrogen) atoms. The molecule has 1 amide bonds. The highest BCUT2D eigenvalue weighted by Crippen LogP contribution is 2.25. The standard InChI is InChI=1S/C22H34ClN3O2/c1-17-15-24(16-18-5-7-19(23)8-6-18)10-9-20(17)25-11-13-26(14-12-25)21(27)28-22(2,3)4/h5-8,17,20H,9-16H2,1-4H3. The maximum atomic E-state index is 12.3. The first-order valence-corrected chi connectivity index (χ1v) is 10.8. The Morgan fingerprint density at radius 3 is 2.32 bits per heavy atom. The molecule has 0 saturated carbocycles. The van der Waals surface area contributed by atoms with Gasteiger partial charge in [0, 0.05) is 50.3 Å². The molecule has 1 aromatic rings. The van der Waals surface area contributed by atoms with Gasteiger partial charge in [-0.3, -0.25) is 9.80 Å². The van der Waals surface area contributed by atoms with E-state index in [-0.39, 0.29) is 6.09 Å². The fourth-order valence-electron chi connectivity index (χ4n) is 4.32. The Hall–Kier alpha value is -1.30. The van der Waals surface area contributed by atoms with Crippen LogP contribution in [-0.2, 0) is 11.3 Å². The quantitative estimate of drug-likeness (QED) is 0.755. The van der Waals surface area contributed by atoms with Crippen LogP contribution < -0.4 is 0 Å². The van der Waals surface area contributed by atoms with E-state index in [1.807, 2.05) is 37.8 Å². The van der Waals surface area contributed by atoms with E-state index in [2.05, 4.69) is 28.9 Å². The Balaban J connectivity index is 1.46. The van der Waals surface area contributed by atoms with Gasteiger partial charge in [0.25, 0.3) is 0 Å². The van der Waals surface area contributed by atoms with Crippen molar-refractivity contribution in [3.8, 4) is 0 Å². The number of nitrogens with zero attached hydrogens (tertiary/aromatic N) is 3. The number of amides is 1. The Kier molecular flexibility index (Phi) is 6.89. The van der Waals surface area contributed by atoms with Crippen molar-refractivity contribution in [3.05, 3.63) is 34.9 Å². The lowest BCUT2D eigenvalue weighted by atomic mass is 9.91. The van der Waals surface area contributed by atoms with Gasteiger partial charge >= 0.3 is 6.09 Å². The monoisotopic (exact) mass is 407 g/mol. The highest BCUT2D eigenvalue weighted by Gasteiger charge is 2.34. The molecule has 2 heterocycles. The molecule has 0 radical (unpaired) electrons. The lowest BCUT2D eigenvalue weighted by Crippen LogP contribution is -2.57. The van der Waals surface area contributed by atoms with Crippen LogP contribution in [0.1, 0.15) is 39.7 Å². The molecule has 2 aliphatic rings. The molecular weight excluding hydrogens is 374 g/mol. The molecule has 2 unspecified atom stereocenters. The number of piperazine rings is 1. The number of hydrogen-bond acceptors (Lipinski definition) is 4. The number of rotatable bonds is 3. The molecular formula is C22H34ClN3O2. The number of ether oxygens (including phenoxy) is 1. The topological polar surface area (TPSA) is 36.0 Å². The summed E-state index contributed by atoms with van der Waals surface area (Å²) in [6.45, 7) is 14.7. The molecule has 0 N–H and O–H groups in total. The smallest absolute Gasteiger partial charge is 0.410 e. The largest absolute Gasteiger partial charge is 0.444 e. The first-order chi connectivity index (χ1) is 13.2. The van der Waals surface area contributed by atoms with Crippen molar-refractivity contribution in [3.63, 3.8) is 0 Å². The van der Waals surface area contributed by atoms with E-state index in [0.717, 1.165) is 50.8 Å². The van der Waals surface area contributed by atoms with Crippen LogP contribution in [-0.4, -0.2) is 71.7 Å². The molecule has 6 heteroatoms. The molecule has 2 fully saturated rings. The summed E-state index contributed by atoms with van der Waals surface area (Å²) in [5, 5.41) is 0.793. The van der Waals surface area contributed by atoms with E-state index >= 15 is 0 Å². The van der Waals surface area contributed by atoms with Crippen LogP contribution in [0.15, 0.2) is 24.3 Å². The summed E-state index contributed by atoms with van der Waals surface area (Å²) in [5.41, 5.74) is 0.889. The Labute approximate surface area is 174 Å². The maximum absolute atomic E-state index is 12.3. The minimum absolute atomic E-state index is 0.182. The molecule has 0 aliphatic carbocycles. The minimum atomic E-state index is -0.431. The second-order valence-corrected chi connectivity index (χ2v) is 9.63. The van der Waals surface area contributed by atoms with Crippen LogP contribution in [0.5, 0.6) is 0 Å². The summed E-state index contributed by atoms with van der Waals surface area (Å²) < 4.78 is 5.51. The second-order valence-electron chi connectivity index (χ2n) is 9.20. The average molecular weight is 408 g/mol. The van der Waals surface area contributed by atoms with Gasteiger partial charge in [-0.05, 0) is 57.4 Å². The highest BCUT2D eigenvalue weighted by atomic mass is 35.5. The molecule has 2 aliphatic heterocycles. The minimum Gasteiger partial charge on any atom is -0.444 e. The number of halogens is 1. The number of piperidine rings is 1. The Bertz CT molecular complexity index is 651. The molecule has 0 bridgehead atoms. The van der Waals surface area contributed by atoms with Crippen LogP contribution in [0.25, 0.3) is 0 Å². The van der Waals surface area contributed by atoms with E-state index in [1.54, 1.807) is 0 Å². The zero-order valence-electron chi connectivity index (χ0n) is 17.7. The zero-order chi connectivity index (χ0) is 20.3.